The Labute approximate surface area is 83.5 Å². The van der Waals surface area contributed by atoms with Gasteiger partial charge in [0, 0.05) is 0 Å². The zero-order valence-electron chi connectivity index (χ0n) is 6.70. The molecule has 0 aliphatic heterocycles. The van der Waals surface area contributed by atoms with Crippen molar-refractivity contribution in [2.24, 2.45) is 5.92 Å². The molecule has 52 valence electrons. The molecular weight excluding hydrogens is 334 g/mol. The third-order valence-corrected chi connectivity index (χ3v) is 1.14. The van der Waals surface area contributed by atoms with Crippen LogP contribution in [0.2, 0.25) is 0 Å². The fourth-order valence-corrected chi connectivity index (χ4v) is 0.289. The van der Waals surface area contributed by atoms with Gasteiger partial charge < -0.3 is 14.4 Å². The first-order valence-electron chi connectivity index (χ1n) is 2.65. The van der Waals surface area contributed by atoms with Crippen LogP contribution >= 0.6 is 0 Å². The van der Waals surface area contributed by atoms with E-state index in [0.29, 0.717) is 5.92 Å². The van der Waals surface area contributed by atoms with Crippen molar-refractivity contribution in [3.8, 4) is 0 Å². The van der Waals surface area contributed by atoms with Crippen molar-refractivity contribution in [3.05, 3.63) is 26.5 Å². The minimum atomic E-state index is 0. The monoisotopic (exact) mass is 350 g/mol. The van der Waals surface area contributed by atoms with E-state index in [2.05, 4.69) is 27.4 Å². The average molecular weight is 350 g/mol. The molecule has 0 rings (SSSR count). The van der Waals surface area contributed by atoms with Crippen LogP contribution in [0.5, 0.6) is 0 Å². The van der Waals surface area contributed by atoms with Crippen molar-refractivity contribution in [1.29, 1.82) is 0 Å². The molecule has 0 aromatic carbocycles. The second-order valence-electron chi connectivity index (χ2n) is 2.06. The van der Waals surface area contributed by atoms with Crippen molar-refractivity contribution in [2.45, 2.75) is 20.3 Å². The van der Waals surface area contributed by atoms with E-state index in [9.17, 15) is 0 Å². The maximum absolute atomic E-state index is 3.81. The molecule has 0 amide bonds. The molecule has 0 spiro atoms. The number of rotatable bonds is 2. The summed E-state index contributed by atoms with van der Waals surface area (Å²) in [6, 6.07) is 0. The van der Waals surface area contributed by atoms with Crippen molar-refractivity contribution in [2.75, 3.05) is 0 Å². The molecule has 0 aromatic rings. The fraction of sp³-hybridized carbons (Fsp3) is 0.500. The summed E-state index contributed by atoms with van der Waals surface area (Å²) in [5.41, 5.74) is 1.24. The Bertz CT molecular complexity index is 65.0. The topological polar surface area (TPSA) is 0 Å². The van der Waals surface area contributed by atoms with Crippen LogP contribution < -0.4 is 0 Å². The van der Waals surface area contributed by atoms with E-state index in [0.717, 1.165) is 6.42 Å². The Hall–Kier alpha value is 0.792. The van der Waals surface area contributed by atoms with Gasteiger partial charge in [-0.05, 0) is 5.92 Å². The SMILES string of the molecule is C=C(C[CH2-])C(C)C.[CH3-].[U+2]. The Kier molecular flexibility index (Phi) is 16.0. The van der Waals surface area contributed by atoms with E-state index in [1.54, 1.807) is 0 Å². The van der Waals surface area contributed by atoms with Crippen molar-refractivity contribution in [1.82, 2.24) is 0 Å². The van der Waals surface area contributed by atoms with Crippen LogP contribution in [-0.2, 0) is 0 Å². The van der Waals surface area contributed by atoms with Crippen LogP contribution in [0.3, 0.4) is 0 Å². The molecule has 0 unspecified atom stereocenters. The molecule has 0 saturated carbocycles. The minimum absolute atomic E-state index is 0. The number of hydrogen-bond acceptors (Lipinski definition) is 0. The maximum atomic E-state index is 3.81. The van der Waals surface area contributed by atoms with Crippen LogP contribution in [0.15, 0.2) is 12.2 Å². The standard InChI is InChI=1S/C7H13.CH3.U/c1-5-7(4)6(2)3;;/h6H,1,4-5H2,2-3H3;1H3;/q2*-1;+2. The first-order chi connectivity index (χ1) is 3.18. The molecule has 0 saturated heterocycles. The van der Waals surface area contributed by atoms with Crippen LogP contribution in [0, 0.1) is 51.4 Å². The van der Waals surface area contributed by atoms with Gasteiger partial charge in [0.1, 0.15) is 0 Å². The average Bonchev–Trinajstić information content (AvgIpc) is 1.65. The smallest absolute Gasteiger partial charge is 0.358 e. The molecule has 0 nitrogen and oxygen atoms in total. The predicted octanol–water partition coefficient (Wildman–Crippen LogP) is 2.87. The number of hydrogen-bond donors (Lipinski definition) is 0. The van der Waals surface area contributed by atoms with E-state index >= 15 is 0 Å². The van der Waals surface area contributed by atoms with Gasteiger partial charge in [-0.3, -0.25) is 0 Å². The molecule has 9 heavy (non-hydrogen) atoms. The van der Waals surface area contributed by atoms with Gasteiger partial charge in [0.2, 0.25) is 0 Å². The second kappa shape index (κ2) is 8.79. The summed E-state index contributed by atoms with van der Waals surface area (Å²) >= 11 is 0. The van der Waals surface area contributed by atoms with Crippen molar-refractivity contribution < 1.29 is 31.1 Å². The quantitative estimate of drug-likeness (QED) is 0.531. The Balaban J connectivity index is -0.000000180. The molecule has 0 atom stereocenters. The second-order valence-corrected chi connectivity index (χ2v) is 2.06. The molecule has 0 aromatic heterocycles. The predicted molar refractivity (Wildman–Crippen MR) is 40.4 cm³/mol. The zero-order chi connectivity index (χ0) is 5.86. The first-order valence-corrected chi connectivity index (χ1v) is 2.65. The van der Waals surface area contributed by atoms with Gasteiger partial charge in [0.05, 0.1) is 0 Å². The maximum Gasteiger partial charge on any atom is 2.00 e. The fourth-order valence-electron chi connectivity index (χ4n) is 0.289. The molecule has 0 fully saturated rings. The summed E-state index contributed by atoms with van der Waals surface area (Å²) in [6.07, 6.45) is 0.873. The first kappa shape index (κ1) is 16.4. The van der Waals surface area contributed by atoms with Gasteiger partial charge in [0.15, 0.2) is 0 Å². The molecule has 1 heteroatoms. The van der Waals surface area contributed by atoms with Gasteiger partial charge >= 0.3 is 31.1 Å². The number of allylic oxidation sites excluding steroid dienone is 1. The van der Waals surface area contributed by atoms with Gasteiger partial charge in [-0.1, -0.05) is 13.8 Å². The third-order valence-electron chi connectivity index (χ3n) is 1.14. The van der Waals surface area contributed by atoms with E-state index < -0.39 is 0 Å². The van der Waals surface area contributed by atoms with Crippen LogP contribution in [-0.4, -0.2) is 0 Å². The van der Waals surface area contributed by atoms with Crippen LogP contribution in [0.25, 0.3) is 0 Å². The summed E-state index contributed by atoms with van der Waals surface area (Å²) in [4.78, 5) is 0. The van der Waals surface area contributed by atoms with E-state index in [1.165, 1.54) is 5.57 Å². The molecule has 0 aliphatic rings. The summed E-state index contributed by atoms with van der Waals surface area (Å²) in [5.74, 6) is 0.609. The molecule has 0 N–H and O–H groups in total. The Morgan fingerprint density at radius 3 is 1.89 bits per heavy atom. The van der Waals surface area contributed by atoms with E-state index in [1.807, 2.05) is 0 Å². The van der Waals surface area contributed by atoms with Gasteiger partial charge in [-0.25, -0.2) is 0 Å². The largest absolute Gasteiger partial charge is 2.00 e. The van der Waals surface area contributed by atoms with Gasteiger partial charge in [-0.15, -0.1) is 12.2 Å². The Morgan fingerprint density at radius 2 is 1.89 bits per heavy atom. The summed E-state index contributed by atoms with van der Waals surface area (Å²) in [6.45, 7) is 11.8. The minimum Gasteiger partial charge on any atom is -0.358 e. The zero-order valence-corrected chi connectivity index (χ0v) is 10.9. The molecular formula is C8H16U. The molecule has 0 radical (unpaired) electrons. The van der Waals surface area contributed by atoms with Crippen molar-refractivity contribution in [3.63, 3.8) is 0 Å². The van der Waals surface area contributed by atoms with E-state index in [4.69, 9.17) is 0 Å². The normalized spacial score (nSPS) is 7.56. The summed E-state index contributed by atoms with van der Waals surface area (Å²) in [5, 5.41) is 0. The molecule has 0 bridgehead atoms. The van der Waals surface area contributed by atoms with Crippen molar-refractivity contribution >= 4 is 0 Å². The van der Waals surface area contributed by atoms with Gasteiger partial charge in [0.25, 0.3) is 0 Å². The van der Waals surface area contributed by atoms with Crippen LogP contribution in [0.1, 0.15) is 20.3 Å². The Morgan fingerprint density at radius 1 is 1.56 bits per heavy atom. The summed E-state index contributed by atoms with van der Waals surface area (Å²) < 4.78 is 0. The summed E-state index contributed by atoms with van der Waals surface area (Å²) in [7, 11) is 0. The van der Waals surface area contributed by atoms with Gasteiger partial charge in [-0.2, -0.15) is 6.42 Å². The third kappa shape index (κ3) is 8.79. The molecule has 0 heterocycles. The molecule has 0 aliphatic carbocycles. The van der Waals surface area contributed by atoms with E-state index in [-0.39, 0.29) is 38.5 Å². The van der Waals surface area contributed by atoms with Crippen LogP contribution in [0.4, 0.5) is 0 Å².